The van der Waals surface area contributed by atoms with Crippen LogP contribution in [0.2, 0.25) is 0 Å². The number of likely N-dealkylation sites (tertiary alicyclic amines) is 1. The maximum absolute atomic E-state index is 12.2. The Kier molecular flexibility index (Phi) is 6.56. The van der Waals surface area contributed by atoms with E-state index < -0.39 is 29.9 Å². The first-order chi connectivity index (χ1) is 10.2. The predicted octanol–water partition coefficient (Wildman–Crippen LogP) is 2.87. The number of imide groups is 1. The third-order valence-electron chi connectivity index (χ3n) is 3.42. The minimum atomic E-state index is -0.897. The van der Waals surface area contributed by atoms with Crippen molar-refractivity contribution < 1.29 is 23.8 Å². The lowest BCUT2D eigenvalue weighted by Crippen LogP contribution is -2.68. The van der Waals surface area contributed by atoms with Gasteiger partial charge < -0.3 is 14.2 Å². The second-order valence-corrected chi connectivity index (χ2v) is 6.05. The number of amides is 2. The first kappa shape index (κ1) is 18.6. The first-order valence-corrected chi connectivity index (χ1v) is 7.61. The Morgan fingerprint density at radius 3 is 2.50 bits per heavy atom. The zero-order valence-corrected chi connectivity index (χ0v) is 14.3. The van der Waals surface area contributed by atoms with Crippen molar-refractivity contribution >= 4 is 12.0 Å². The van der Waals surface area contributed by atoms with Crippen LogP contribution < -0.4 is 0 Å². The summed E-state index contributed by atoms with van der Waals surface area (Å²) in [5.74, 6) is -1.29. The molecule has 22 heavy (non-hydrogen) atoms. The smallest absolute Gasteiger partial charge is 0.417 e. The first-order valence-electron chi connectivity index (χ1n) is 7.61. The molecule has 2 amide bonds. The number of methoxy groups -OCH3 is 1. The Labute approximate surface area is 132 Å². The zero-order valence-electron chi connectivity index (χ0n) is 14.3. The lowest BCUT2D eigenvalue weighted by atomic mass is 9.96. The fourth-order valence-electron chi connectivity index (χ4n) is 2.05. The number of β-lactam (4-membered cyclic amide) rings is 1. The standard InChI is InChI=1S/C16H27NO5/c1-7-8-9-21-15(19)17-12(10-11(2)3)13(14(17)18)22-16(4,5)20-6/h10,12-13H,7-9H2,1-6H3/t12-,13+/m1/s1. The van der Waals surface area contributed by atoms with Gasteiger partial charge in [0.2, 0.25) is 0 Å². The van der Waals surface area contributed by atoms with Crippen LogP contribution in [0.15, 0.2) is 11.6 Å². The second-order valence-electron chi connectivity index (χ2n) is 6.05. The van der Waals surface area contributed by atoms with Crippen LogP contribution in [0.1, 0.15) is 47.5 Å². The van der Waals surface area contributed by atoms with E-state index in [9.17, 15) is 9.59 Å². The molecule has 1 saturated heterocycles. The van der Waals surface area contributed by atoms with Crippen molar-refractivity contribution in [2.45, 2.75) is 65.4 Å². The van der Waals surface area contributed by atoms with Gasteiger partial charge in [0.1, 0.15) is 0 Å². The van der Waals surface area contributed by atoms with E-state index in [2.05, 4.69) is 0 Å². The van der Waals surface area contributed by atoms with Gasteiger partial charge in [-0.1, -0.05) is 25.0 Å². The highest BCUT2D eigenvalue weighted by molar-refractivity contribution is 6.01. The van der Waals surface area contributed by atoms with Gasteiger partial charge in [-0.05, 0) is 34.1 Å². The number of ether oxygens (including phenoxy) is 3. The van der Waals surface area contributed by atoms with Crippen molar-refractivity contribution in [2.75, 3.05) is 13.7 Å². The van der Waals surface area contributed by atoms with Crippen molar-refractivity contribution in [3.63, 3.8) is 0 Å². The highest BCUT2D eigenvalue weighted by Gasteiger charge is 2.53. The Morgan fingerprint density at radius 1 is 1.36 bits per heavy atom. The molecular weight excluding hydrogens is 286 g/mol. The third-order valence-corrected chi connectivity index (χ3v) is 3.42. The number of hydrogen-bond acceptors (Lipinski definition) is 5. The summed E-state index contributed by atoms with van der Waals surface area (Å²) >= 11 is 0. The topological polar surface area (TPSA) is 65.1 Å². The van der Waals surface area contributed by atoms with Crippen LogP contribution in [0.25, 0.3) is 0 Å². The number of nitrogens with zero attached hydrogens (tertiary/aromatic N) is 1. The molecule has 0 unspecified atom stereocenters. The minimum absolute atomic E-state index is 0.315. The Hall–Kier alpha value is -1.40. The maximum Gasteiger partial charge on any atom is 0.417 e. The molecule has 0 saturated carbocycles. The van der Waals surface area contributed by atoms with Crippen LogP contribution in [-0.4, -0.2) is 48.5 Å². The van der Waals surface area contributed by atoms with E-state index >= 15 is 0 Å². The summed E-state index contributed by atoms with van der Waals surface area (Å²) in [6.45, 7) is 9.58. The van der Waals surface area contributed by atoms with Gasteiger partial charge in [0, 0.05) is 7.11 Å². The van der Waals surface area contributed by atoms with E-state index in [1.54, 1.807) is 13.8 Å². The lowest BCUT2D eigenvalue weighted by Gasteiger charge is -2.45. The average molecular weight is 313 g/mol. The molecule has 6 nitrogen and oxygen atoms in total. The van der Waals surface area contributed by atoms with Crippen molar-refractivity contribution in [2.24, 2.45) is 0 Å². The SMILES string of the molecule is CCCCOC(=O)N1C(=O)[C@@H](OC(C)(C)OC)[C@H]1C=C(C)C. The van der Waals surface area contributed by atoms with Crippen LogP contribution in [0.5, 0.6) is 0 Å². The van der Waals surface area contributed by atoms with E-state index in [-0.39, 0.29) is 0 Å². The number of rotatable bonds is 7. The maximum atomic E-state index is 12.2. The van der Waals surface area contributed by atoms with Gasteiger partial charge >= 0.3 is 6.09 Å². The van der Waals surface area contributed by atoms with Crippen LogP contribution in [0.3, 0.4) is 0 Å². The molecule has 0 N–H and O–H groups in total. The third kappa shape index (κ3) is 4.55. The van der Waals surface area contributed by atoms with Gasteiger partial charge in [-0.25, -0.2) is 9.69 Å². The normalized spacial score (nSPS) is 21.4. The van der Waals surface area contributed by atoms with Crippen molar-refractivity contribution in [3.05, 3.63) is 11.6 Å². The summed E-state index contributed by atoms with van der Waals surface area (Å²) in [6.07, 6.45) is 2.18. The molecule has 0 bridgehead atoms. The molecule has 1 rings (SSSR count). The average Bonchev–Trinajstić information content (AvgIpc) is 2.44. The number of allylic oxidation sites excluding steroid dienone is 1. The molecule has 1 aliphatic rings. The molecule has 6 heteroatoms. The number of carbonyl (C=O) groups is 2. The van der Waals surface area contributed by atoms with Gasteiger partial charge in [0.15, 0.2) is 11.9 Å². The molecule has 1 fully saturated rings. The predicted molar refractivity (Wildman–Crippen MR) is 82.3 cm³/mol. The fraction of sp³-hybridized carbons (Fsp3) is 0.750. The quantitative estimate of drug-likeness (QED) is 0.313. The van der Waals surface area contributed by atoms with E-state index in [0.29, 0.717) is 6.61 Å². The summed E-state index contributed by atoms with van der Waals surface area (Å²) in [5.41, 5.74) is 0.993. The van der Waals surface area contributed by atoms with E-state index in [1.807, 2.05) is 26.8 Å². The second kappa shape index (κ2) is 7.74. The summed E-state index contributed by atoms with van der Waals surface area (Å²) < 4.78 is 16.0. The van der Waals surface area contributed by atoms with Crippen molar-refractivity contribution in [1.29, 1.82) is 0 Å². The van der Waals surface area contributed by atoms with Gasteiger partial charge in [-0.3, -0.25) is 4.79 Å². The van der Waals surface area contributed by atoms with E-state index in [0.717, 1.165) is 23.3 Å². The molecule has 0 aliphatic carbocycles. The minimum Gasteiger partial charge on any atom is -0.449 e. The summed E-state index contributed by atoms with van der Waals surface area (Å²) in [4.78, 5) is 25.4. The molecule has 0 aromatic carbocycles. The van der Waals surface area contributed by atoms with Gasteiger partial charge in [-0.2, -0.15) is 0 Å². The van der Waals surface area contributed by atoms with E-state index in [4.69, 9.17) is 14.2 Å². The molecule has 0 spiro atoms. The highest BCUT2D eigenvalue weighted by Crippen LogP contribution is 2.30. The Bertz CT molecular complexity index is 440. The summed E-state index contributed by atoms with van der Waals surface area (Å²) in [7, 11) is 1.51. The molecule has 0 aromatic heterocycles. The molecule has 1 aliphatic heterocycles. The summed E-state index contributed by atoms with van der Waals surface area (Å²) in [5, 5.41) is 0. The molecular formula is C16H27NO5. The van der Waals surface area contributed by atoms with E-state index in [1.165, 1.54) is 7.11 Å². The van der Waals surface area contributed by atoms with Gasteiger partial charge in [0.05, 0.1) is 12.6 Å². The molecule has 2 atom stereocenters. The lowest BCUT2D eigenvalue weighted by molar-refractivity contribution is -0.246. The number of carbonyl (C=O) groups excluding carboxylic acids is 2. The largest absolute Gasteiger partial charge is 0.449 e. The molecule has 0 radical (unpaired) electrons. The molecule has 0 aromatic rings. The van der Waals surface area contributed by atoms with Crippen molar-refractivity contribution in [1.82, 2.24) is 4.90 Å². The van der Waals surface area contributed by atoms with Gasteiger partial charge in [-0.15, -0.1) is 0 Å². The van der Waals surface area contributed by atoms with Crippen LogP contribution in [0.4, 0.5) is 4.79 Å². The van der Waals surface area contributed by atoms with Crippen LogP contribution in [-0.2, 0) is 19.0 Å². The number of hydrogen-bond donors (Lipinski definition) is 0. The van der Waals surface area contributed by atoms with Crippen LogP contribution >= 0.6 is 0 Å². The molecule has 1 heterocycles. The van der Waals surface area contributed by atoms with Crippen molar-refractivity contribution in [3.8, 4) is 0 Å². The van der Waals surface area contributed by atoms with Crippen LogP contribution in [0, 0.1) is 0 Å². The number of unbranched alkanes of at least 4 members (excludes halogenated alkanes) is 1. The Balaban J connectivity index is 2.80. The fourth-order valence-corrected chi connectivity index (χ4v) is 2.05. The Morgan fingerprint density at radius 2 is 2.00 bits per heavy atom. The highest BCUT2D eigenvalue weighted by atomic mass is 16.7. The zero-order chi connectivity index (χ0) is 16.9. The summed E-state index contributed by atoms with van der Waals surface area (Å²) in [6, 6.07) is -0.457. The molecule has 126 valence electrons. The monoisotopic (exact) mass is 313 g/mol. The van der Waals surface area contributed by atoms with Gasteiger partial charge in [0.25, 0.3) is 5.91 Å².